The topological polar surface area (TPSA) is 75.8 Å². The monoisotopic (exact) mass is 279 g/mol. The van der Waals surface area contributed by atoms with Gasteiger partial charge in [0.2, 0.25) is 0 Å². The van der Waals surface area contributed by atoms with Crippen LogP contribution < -0.4 is 5.73 Å². The van der Waals surface area contributed by atoms with Crippen molar-refractivity contribution < 1.29 is 8.81 Å². The van der Waals surface area contributed by atoms with Gasteiger partial charge in [0, 0.05) is 5.56 Å². The van der Waals surface area contributed by atoms with Crippen LogP contribution in [0.15, 0.2) is 53.1 Å². The highest BCUT2D eigenvalue weighted by atomic mass is 19.1. The highest BCUT2D eigenvalue weighted by Crippen LogP contribution is 2.33. The Morgan fingerprint density at radius 3 is 2.57 bits per heavy atom. The van der Waals surface area contributed by atoms with Gasteiger partial charge in [0.25, 0.3) is 0 Å². The molecule has 3 aromatic rings. The summed E-state index contributed by atoms with van der Waals surface area (Å²) >= 11 is 0. The van der Waals surface area contributed by atoms with E-state index < -0.39 is 0 Å². The molecule has 0 spiro atoms. The molecule has 1 aromatic carbocycles. The van der Waals surface area contributed by atoms with Crippen molar-refractivity contribution >= 4 is 5.82 Å². The minimum absolute atomic E-state index is 0.134. The van der Waals surface area contributed by atoms with E-state index in [1.54, 1.807) is 30.3 Å². The number of anilines is 1. The Kier molecular flexibility index (Phi) is 3.13. The number of hydrogen-bond donors (Lipinski definition) is 1. The van der Waals surface area contributed by atoms with Crippen molar-refractivity contribution in [2.75, 3.05) is 5.73 Å². The van der Waals surface area contributed by atoms with Gasteiger partial charge in [0.15, 0.2) is 5.76 Å². The molecular formula is C16H10FN3O. The van der Waals surface area contributed by atoms with Crippen LogP contribution in [0.4, 0.5) is 10.2 Å². The van der Waals surface area contributed by atoms with E-state index in [0.29, 0.717) is 17.0 Å². The van der Waals surface area contributed by atoms with Gasteiger partial charge in [-0.15, -0.1) is 0 Å². The molecule has 0 saturated carbocycles. The van der Waals surface area contributed by atoms with Crippen LogP contribution in [0.5, 0.6) is 0 Å². The first-order chi connectivity index (χ1) is 10.2. The first-order valence-electron chi connectivity index (χ1n) is 6.19. The van der Waals surface area contributed by atoms with Crippen LogP contribution in [0.3, 0.4) is 0 Å². The summed E-state index contributed by atoms with van der Waals surface area (Å²) in [4.78, 5) is 4.25. The van der Waals surface area contributed by atoms with E-state index in [1.165, 1.54) is 18.4 Å². The maximum absolute atomic E-state index is 13.1. The molecular weight excluding hydrogens is 269 g/mol. The SMILES string of the molecule is N#Cc1cc(-c2ccc(F)cc2)c(-c2ccco2)nc1N. The molecule has 0 bridgehead atoms. The second-order valence-electron chi connectivity index (χ2n) is 4.41. The van der Waals surface area contributed by atoms with E-state index >= 15 is 0 Å². The van der Waals surface area contributed by atoms with Crippen LogP contribution in [-0.2, 0) is 0 Å². The number of benzene rings is 1. The third-order valence-corrected chi connectivity index (χ3v) is 3.08. The summed E-state index contributed by atoms with van der Waals surface area (Å²) in [5.74, 6) is 0.336. The second kappa shape index (κ2) is 5.10. The van der Waals surface area contributed by atoms with E-state index in [1.807, 2.05) is 6.07 Å². The summed E-state index contributed by atoms with van der Waals surface area (Å²) in [5, 5.41) is 9.10. The Balaban J connectivity index is 2.26. The van der Waals surface area contributed by atoms with Gasteiger partial charge in [-0.25, -0.2) is 9.37 Å². The molecule has 2 aromatic heterocycles. The van der Waals surface area contributed by atoms with Crippen LogP contribution in [0.1, 0.15) is 5.56 Å². The van der Waals surface area contributed by atoms with Crippen molar-refractivity contribution in [1.29, 1.82) is 5.26 Å². The van der Waals surface area contributed by atoms with Crippen LogP contribution in [0.2, 0.25) is 0 Å². The summed E-state index contributed by atoms with van der Waals surface area (Å²) < 4.78 is 18.4. The van der Waals surface area contributed by atoms with Crippen LogP contribution in [0, 0.1) is 17.1 Å². The molecule has 2 heterocycles. The standard InChI is InChI=1S/C16H10FN3O/c17-12-5-3-10(4-6-12)13-8-11(9-18)16(19)20-15(13)14-2-1-7-21-14/h1-8H,(H2,19,20). The van der Waals surface area contributed by atoms with Crippen LogP contribution in [-0.4, -0.2) is 4.98 Å². The Labute approximate surface area is 120 Å². The Morgan fingerprint density at radius 2 is 1.95 bits per heavy atom. The second-order valence-corrected chi connectivity index (χ2v) is 4.41. The predicted molar refractivity (Wildman–Crippen MR) is 76.5 cm³/mol. The van der Waals surface area contributed by atoms with E-state index in [0.717, 1.165) is 5.56 Å². The van der Waals surface area contributed by atoms with Crippen molar-refractivity contribution in [1.82, 2.24) is 4.98 Å². The molecule has 102 valence electrons. The predicted octanol–water partition coefficient (Wildman–Crippen LogP) is 3.60. The van der Waals surface area contributed by atoms with Crippen LogP contribution >= 0.6 is 0 Å². The van der Waals surface area contributed by atoms with Crippen molar-refractivity contribution in [3.05, 3.63) is 60.1 Å². The molecule has 2 N–H and O–H groups in total. The lowest BCUT2D eigenvalue weighted by atomic mass is 10.0. The molecule has 4 nitrogen and oxygen atoms in total. The number of aromatic nitrogens is 1. The van der Waals surface area contributed by atoms with E-state index in [4.69, 9.17) is 15.4 Å². The molecule has 0 amide bonds. The Bertz CT molecular complexity index is 818. The zero-order chi connectivity index (χ0) is 14.8. The molecule has 0 atom stereocenters. The van der Waals surface area contributed by atoms with E-state index in [2.05, 4.69) is 4.98 Å². The third-order valence-electron chi connectivity index (χ3n) is 3.08. The van der Waals surface area contributed by atoms with Gasteiger partial charge in [0.1, 0.15) is 23.4 Å². The molecule has 0 unspecified atom stereocenters. The van der Waals surface area contributed by atoms with Crippen molar-refractivity contribution in [3.63, 3.8) is 0 Å². The molecule has 0 aliphatic rings. The van der Waals surface area contributed by atoms with Gasteiger partial charge in [-0.05, 0) is 35.9 Å². The highest BCUT2D eigenvalue weighted by molar-refractivity contribution is 5.81. The molecule has 5 heteroatoms. The number of furan rings is 1. The first-order valence-corrected chi connectivity index (χ1v) is 6.19. The minimum Gasteiger partial charge on any atom is -0.463 e. The molecule has 0 fully saturated rings. The van der Waals surface area contributed by atoms with Crippen LogP contribution in [0.25, 0.3) is 22.6 Å². The number of hydrogen-bond acceptors (Lipinski definition) is 4. The molecule has 3 rings (SSSR count). The average molecular weight is 279 g/mol. The Morgan fingerprint density at radius 1 is 1.19 bits per heavy atom. The van der Waals surface area contributed by atoms with Gasteiger partial charge in [0.05, 0.1) is 11.8 Å². The lowest BCUT2D eigenvalue weighted by molar-refractivity contribution is 0.580. The van der Waals surface area contributed by atoms with E-state index in [-0.39, 0.29) is 17.2 Å². The maximum atomic E-state index is 13.1. The lowest BCUT2D eigenvalue weighted by Crippen LogP contribution is -1.99. The number of rotatable bonds is 2. The summed E-state index contributed by atoms with van der Waals surface area (Å²) in [5.41, 5.74) is 7.95. The first kappa shape index (κ1) is 12.9. The van der Waals surface area contributed by atoms with Crippen molar-refractivity contribution in [2.24, 2.45) is 0 Å². The molecule has 0 saturated heterocycles. The van der Waals surface area contributed by atoms with Gasteiger partial charge in [-0.3, -0.25) is 0 Å². The van der Waals surface area contributed by atoms with Gasteiger partial charge in [-0.2, -0.15) is 5.26 Å². The molecule has 0 radical (unpaired) electrons. The number of halogens is 1. The Hall–Kier alpha value is -3.13. The quantitative estimate of drug-likeness (QED) is 0.777. The summed E-state index contributed by atoms with van der Waals surface area (Å²) in [6.45, 7) is 0. The molecule has 0 aliphatic carbocycles. The fourth-order valence-corrected chi connectivity index (χ4v) is 2.07. The fourth-order valence-electron chi connectivity index (χ4n) is 2.07. The fraction of sp³-hybridized carbons (Fsp3) is 0. The largest absolute Gasteiger partial charge is 0.463 e. The van der Waals surface area contributed by atoms with Gasteiger partial charge < -0.3 is 10.2 Å². The summed E-state index contributed by atoms with van der Waals surface area (Å²) in [6.07, 6.45) is 1.53. The average Bonchev–Trinajstić information content (AvgIpc) is 3.02. The number of nitriles is 1. The molecule has 21 heavy (non-hydrogen) atoms. The number of pyridine rings is 1. The zero-order valence-electron chi connectivity index (χ0n) is 10.9. The normalized spacial score (nSPS) is 10.3. The third kappa shape index (κ3) is 2.35. The number of nitrogens with zero attached hydrogens (tertiary/aromatic N) is 2. The lowest BCUT2D eigenvalue weighted by Gasteiger charge is -2.09. The van der Waals surface area contributed by atoms with E-state index in [9.17, 15) is 4.39 Å². The smallest absolute Gasteiger partial charge is 0.152 e. The number of nitrogen functional groups attached to an aromatic ring is 1. The highest BCUT2D eigenvalue weighted by Gasteiger charge is 2.15. The summed E-state index contributed by atoms with van der Waals surface area (Å²) in [7, 11) is 0. The minimum atomic E-state index is -0.331. The van der Waals surface area contributed by atoms with Gasteiger partial charge in [-0.1, -0.05) is 12.1 Å². The summed E-state index contributed by atoms with van der Waals surface area (Å²) in [6, 6.07) is 13.1. The van der Waals surface area contributed by atoms with Gasteiger partial charge >= 0.3 is 0 Å². The zero-order valence-corrected chi connectivity index (χ0v) is 10.9. The number of nitrogens with two attached hydrogens (primary N) is 1. The maximum Gasteiger partial charge on any atom is 0.152 e. The van der Waals surface area contributed by atoms with Crippen molar-refractivity contribution in [2.45, 2.75) is 0 Å². The molecule has 0 aliphatic heterocycles. The van der Waals surface area contributed by atoms with Crippen molar-refractivity contribution in [3.8, 4) is 28.7 Å².